The van der Waals surface area contributed by atoms with Gasteiger partial charge in [0.25, 0.3) is 0 Å². The number of nitrogens with zero attached hydrogens (tertiary/aromatic N) is 1. The SMILES string of the molecule is Cc1[nH]c2ccc(Cl)cc2c1C1=CCN(CCCNS(=O)(=O)c2cc3cc(Cl)ccc3s2)CC1. The number of aromatic nitrogens is 1. The van der Waals surface area contributed by atoms with E-state index in [4.69, 9.17) is 23.2 Å². The zero-order chi connectivity index (χ0) is 23.9. The summed E-state index contributed by atoms with van der Waals surface area (Å²) in [7, 11) is -3.52. The molecule has 0 spiro atoms. The molecule has 0 saturated heterocycles. The minimum Gasteiger partial charge on any atom is -0.358 e. The van der Waals surface area contributed by atoms with Gasteiger partial charge in [-0.3, -0.25) is 4.90 Å². The van der Waals surface area contributed by atoms with Crippen molar-refractivity contribution in [1.29, 1.82) is 0 Å². The fraction of sp³-hybridized carbons (Fsp3) is 0.280. The molecule has 5 nitrogen and oxygen atoms in total. The number of halogens is 2. The van der Waals surface area contributed by atoms with E-state index in [2.05, 4.69) is 27.6 Å². The molecule has 0 unspecified atom stereocenters. The highest BCUT2D eigenvalue weighted by Gasteiger charge is 2.20. The molecule has 178 valence electrons. The Morgan fingerprint density at radius 3 is 2.71 bits per heavy atom. The van der Waals surface area contributed by atoms with E-state index in [0.29, 0.717) is 15.8 Å². The van der Waals surface area contributed by atoms with Crippen LogP contribution in [0.25, 0.3) is 26.6 Å². The summed E-state index contributed by atoms with van der Waals surface area (Å²) < 4.78 is 29.4. The van der Waals surface area contributed by atoms with Gasteiger partial charge in [0.05, 0.1) is 0 Å². The number of nitrogens with one attached hydrogen (secondary N) is 2. The molecule has 9 heteroatoms. The normalized spacial score (nSPS) is 15.3. The van der Waals surface area contributed by atoms with E-state index in [-0.39, 0.29) is 0 Å². The summed E-state index contributed by atoms with van der Waals surface area (Å²) in [6.45, 7) is 5.15. The van der Waals surface area contributed by atoms with Gasteiger partial charge in [-0.15, -0.1) is 11.3 Å². The number of hydrogen-bond donors (Lipinski definition) is 2. The van der Waals surface area contributed by atoms with E-state index >= 15 is 0 Å². The van der Waals surface area contributed by atoms with E-state index in [1.807, 2.05) is 24.3 Å². The maximum Gasteiger partial charge on any atom is 0.250 e. The van der Waals surface area contributed by atoms with E-state index in [1.54, 1.807) is 18.2 Å². The second kappa shape index (κ2) is 9.64. The van der Waals surface area contributed by atoms with Crippen LogP contribution in [0.1, 0.15) is 24.1 Å². The zero-order valence-electron chi connectivity index (χ0n) is 18.7. The molecule has 1 aliphatic rings. The fourth-order valence-electron chi connectivity index (χ4n) is 4.56. The number of aromatic amines is 1. The van der Waals surface area contributed by atoms with Crippen LogP contribution >= 0.6 is 34.5 Å². The second-order valence-electron chi connectivity index (χ2n) is 8.59. The van der Waals surface area contributed by atoms with Crippen molar-refractivity contribution < 1.29 is 8.42 Å². The molecule has 34 heavy (non-hydrogen) atoms. The lowest BCUT2D eigenvalue weighted by Gasteiger charge is -2.26. The molecule has 0 amide bonds. The van der Waals surface area contributed by atoms with Crippen molar-refractivity contribution in [3.63, 3.8) is 0 Å². The van der Waals surface area contributed by atoms with Crippen molar-refractivity contribution in [2.75, 3.05) is 26.2 Å². The Balaban J connectivity index is 1.17. The molecule has 3 heterocycles. The van der Waals surface area contributed by atoms with Gasteiger partial charge < -0.3 is 4.98 Å². The van der Waals surface area contributed by atoms with Crippen LogP contribution in [0.2, 0.25) is 10.0 Å². The molecule has 2 aromatic heterocycles. The van der Waals surface area contributed by atoms with Gasteiger partial charge in [0.2, 0.25) is 10.0 Å². The fourth-order valence-corrected chi connectivity index (χ4v) is 7.41. The van der Waals surface area contributed by atoms with Crippen LogP contribution in [0.5, 0.6) is 0 Å². The van der Waals surface area contributed by atoms with Crippen LogP contribution in [0.15, 0.2) is 52.7 Å². The smallest absolute Gasteiger partial charge is 0.250 e. The number of rotatable bonds is 7. The number of hydrogen-bond acceptors (Lipinski definition) is 4. The third kappa shape index (κ3) is 4.91. The van der Waals surface area contributed by atoms with Gasteiger partial charge in [0.15, 0.2) is 0 Å². The van der Waals surface area contributed by atoms with E-state index in [0.717, 1.165) is 58.8 Å². The summed E-state index contributed by atoms with van der Waals surface area (Å²) in [5.41, 5.74) is 4.87. The van der Waals surface area contributed by atoms with Crippen LogP contribution in [0.3, 0.4) is 0 Å². The van der Waals surface area contributed by atoms with Gasteiger partial charge in [0, 0.05) is 56.5 Å². The molecule has 2 aromatic carbocycles. The Bertz CT molecular complexity index is 1510. The quantitative estimate of drug-likeness (QED) is 0.268. The number of benzene rings is 2. The number of aryl methyl sites for hydroxylation is 1. The number of sulfonamides is 1. The molecule has 0 aliphatic carbocycles. The van der Waals surface area contributed by atoms with Crippen molar-refractivity contribution >= 4 is 71.1 Å². The minimum atomic E-state index is -3.52. The third-order valence-corrected chi connectivity index (χ3v) is 9.75. The number of thiophene rings is 1. The van der Waals surface area contributed by atoms with Crippen molar-refractivity contribution in [3.8, 4) is 0 Å². The van der Waals surface area contributed by atoms with Crippen LogP contribution in [-0.2, 0) is 10.0 Å². The van der Waals surface area contributed by atoms with Crippen LogP contribution in [-0.4, -0.2) is 44.5 Å². The summed E-state index contributed by atoms with van der Waals surface area (Å²) in [5, 5.41) is 3.36. The Hall–Kier alpha value is -1.87. The van der Waals surface area contributed by atoms with E-state index in [9.17, 15) is 8.42 Å². The first-order chi connectivity index (χ1) is 16.3. The topological polar surface area (TPSA) is 65.2 Å². The number of fused-ring (bicyclic) bond motifs is 2. The lowest BCUT2D eigenvalue weighted by molar-refractivity contribution is 0.298. The van der Waals surface area contributed by atoms with Crippen molar-refractivity contribution in [1.82, 2.24) is 14.6 Å². The summed E-state index contributed by atoms with van der Waals surface area (Å²) >= 11 is 13.5. The van der Waals surface area contributed by atoms with E-state index < -0.39 is 10.0 Å². The summed E-state index contributed by atoms with van der Waals surface area (Å²) in [6.07, 6.45) is 3.99. The van der Waals surface area contributed by atoms with Gasteiger partial charge in [-0.1, -0.05) is 29.3 Å². The predicted octanol–water partition coefficient (Wildman–Crippen LogP) is 6.46. The minimum absolute atomic E-state index is 0.324. The molecular weight excluding hydrogens is 509 g/mol. The second-order valence-corrected chi connectivity index (χ2v) is 12.5. The zero-order valence-corrected chi connectivity index (χ0v) is 21.8. The Morgan fingerprint density at radius 2 is 1.91 bits per heavy atom. The number of H-pyrrole nitrogens is 1. The average Bonchev–Trinajstić information content (AvgIpc) is 3.37. The molecule has 5 rings (SSSR count). The largest absolute Gasteiger partial charge is 0.358 e. The summed E-state index contributed by atoms with van der Waals surface area (Å²) in [5.74, 6) is 0. The standard InChI is InChI=1S/C25H25Cl2N3O2S2/c1-16-25(21-15-20(27)3-5-22(21)29-16)17-7-11-30(12-8-17)10-2-9-28-34(31,32)24-14-18-13-19(26)4-6-23(18)33-24/h3-7,13-15,28-29H,2,8-12H2,1H3. The van der Waals surface area contributed by atoms with Crippen LogP contribution < -0.4 is 4.72 Å². The summed E-state index contributed by atoms with van der Waals surface area (Å²) in [4.78, 5) is 5.82. The van der Waals surface area contributed by atoms with Crippen LogP contribution in [0, 0.1) is 6.92 Å². The average molecular weight is 535 g/mol. The molecule has 0 atom stereocenters. The maximum atomic E-state index is 12.7. The first-order valence-electron chi connectivity index (χ1n) is 11.2. The highest BCUT2D eigenvalue weighted by Crippen LogP contribution is 2.34. The molecule has 0 saturated carbocycles. The van der Waals surface area contributed by atoms with Gasteiger partial charge in [-0.05, 0) is 79.7 Å². The first kappa shape index (κ1) is 23.9. The van der Waals surface area contributed by atoms with Gasteiger partial charge in [0.1, 0.15) is 4.21 Å². The van der Waals surface area contributed by atoms with E-state index in [1.165, 1.54) is 27.9 Å². The Kier molecular flexibility index (Phi) is 6.77. The molecule has 0 radical (unpaired) electrons. The molecular formula is C25H25Cl2N3O2S2. The monoisotopic (exact) mass is 533 g/mol. The van der Waals surface area contributed by atoms with Crippen molar-refractivity contribution in [2.45, 2.75) is 24.0 Å². The molecule has 0 fully saturated rings. The highest BCUT2D eigenvalue weighted by molar-refractivity contribution is 7.91. The van der Waals surface area contributed by atoms with Crippen molar-refractivity contribution in [2.24, 2.45) is 0 Å². The first-order valence-corrected chi connectivity index (χ1v) is 14.2. The molecule has 0 bridgehead atoms. The lowest BCUT2D eigenvalue weighted by atomic mass is 9.96. The highest BCUT2D eigenvalue weighted by atomic mass is 35.5. The van der Waals surface area contributed by atoms with Gasteiger partial charge in [-0.25, -0.2) is 13.1 Å². The van der Waals surface area contributed by atoms with Crippen molar-refractivity contribution in [3.05, 3.63) is 69.8 Å². The molecule has 4 aromatic rings. The van der Waals surface area contributed by atoms with Gasteiger partial charge in [-0.2, -0.15) is 0 Å². The molecule has 1 aliphatic heterocycles. The van der Waals surface area contributed by atoms with Gasteiger partial charge >= 0.3 is 0 Å². The maximum absolute atomic E-state index is 12.7. The third-order valence-electron chi connectivity index (χ3n) is 6.23. The lowest BCUT2D eigenvalue weighted by Crippen LogP contribution is -2.32. The predicted molar refractivity (Wildman–Crippen MR) is 144 cm³/mol. The van der Waals surface area contributed by atoms with Crippen LogP contribution in [0.4, 0.5) is 0 Å². The Morgan fingerprint density at radius 1 is 1.12 bits per heavy atom. The summed E-state index contributed by atoms with van der Waals surface area (Å²) in [6, 6.07) is 13.1. The Labute approximate surface area is 213 Å². The molecule has 2 N–H and O–H groups in total.